The summed E-state index contributed by atoms with van der Waals surface area (Å²) in [6.45, 7) is 2.36. The van der Waals surface area contributed by atoms with E-state index in [4.69, 9.17) is 21.1 Å². The highest BCUT2D eigenvalue weighted by Crippen LogP contribution is 2.26. The molecular formula is C22H25ClN4O4. The standard InChI is InChI=1S/C22H25ClN4O4/c1-30-17-4-2-16(3-5-17)27-13-12-26(22(27)29)15-21(28)25-10-7-18(8-11-25)31-20-6-9-24-14-19(20)23/h2-6,9,14,18H,7-8,10-13,15H2,1H3. The Balaban J connectivity index is 1.27. The first-order chi connectivity index (χ1) is 15.0. The van der Waals surface area contributed by atoms with E-state index in [0.29, 0.717) is 37.0 Å². The van der Waals surface area contributed by atoms with Crippen LogP contribution in [0.4, 0.5) is 10.5 Å². The maximum absolute atomic E-state index is 12.8. The fourth-order valence-electron chi connectivity index (χ4n) is 3.85. The Morgan fingerprint density at radius 1 is 1.13 bits per heavy atom. The summed E-state index contributed by atoms with van der Waals surface area (Å²) in [6.07, 6.45) is 4.63. The Morgan fingerprint density at radius 3 is 2.55 bits per heavy atom. The SMILES string of the molecule is COc1ccc(N2CCN(CC(=O)N3CCC(Oc4ccncc4Cl)CC3)C2=O)cc1. The number of carbonyl (C=O) groups excluding carboxylic acids is 2. The average molecular weight is 445 g/mol. The lowest BCUT2D eigenvalue weighted by atomic mass is 10.1. The minimum atomic E-state index is -0.149. The zero-order valence-corrected chi connectivity index (χ0v) is 18.1. The summed E-state index contributed by atoms with van der Waals surface area (Å²) in [5.41, 5.74) is 0.800. The average Bonchev–Trinajstić information content (AvgIpc) is 3.16. The van der Waals surface area contributed by atoms with Crippen molar-refractivity contribution in [1.29, 1.82) is 0 Å². The van der Waals surface area contributed by atoms with Crippen molar-refractivity contribution in [3.63, 3.8) is 0 Å². The van der Waals surface area contributed by atoms with E-state index in [2.05, 4.69) is 4.98 Å². The lowest BCUT2D eigenvalue weighted by Crippen LogP contribution is -2.46. The maximum Gasteiger partial charge on any atom is 0.325 e. The molecule has 0 aliphatic carbocycles. The molecule has 1 aromatic carbocycles. The molecule has 3 amide bonds. The Hall–Kier alpha value is -3.00. The van der Waals surface area contributed by atoms with E-state index in [-0.39, 0.29) is 24.6 Å². The van der Waals surface area contributed by atoms with E-state index in [1.54, 1.807) is 40.3 Å². The quantitative estimate of drug-likeness (QED) is 0.684. The summed E-state index contributed by atoms with van der Waals surface area (Å²) in [5, 5.41) is 0.481. The van der Waals surface area contributed by atoms with Gasteiger partial charge in [0.25, 0.3) is 0 Å². The van der Waals surface area contributed by atoms with Crippen LogP contribution in [0.15, 0.2) is 42.7 Å². The summed E-state index contributed by atoms with van der Waals surface area (Å²) in [5.74, 6) is 1.31. The van der Waals surface area contributed by atoms with E-state index < -0.39 is 0 Å². The van der Waals surface area contributed by atoms with Gasteiger partial charge >= 0.3 is 6.03 Å². The number of likely N-dealkylation sites (tertiary alicyclic amines) is 1. The zero-order valence-electron chi connectivity index (χ0n) is 17.4. The van der Waals surface area contributed by atoms with Crippen LogP contribution in [0.2, 0.25) is 5.02 Å². The first-order valence-electron chi connectivity index (χ1n) is 10.3. The van der Waals surface area contributed by atoms with E-state index in [1.807, 2.05) is 24.3 Å². The predicted molar refractivity (Wildman–Crippen MR) is 117 cm³/mol. The molecule has 164 valence electrons. The molecule has 0 atom stereocenters. The third-order valence-electron chi connectivity index (χ3n) is 5.63. The van der Waals surface area contributed by atoms with Gasteiger partial charge < -0.3 is 19.3 Å². The summed E-state index contributed by atoms with van der Waals surface area (Å²) in [4.78, 5) is 34.6. The zero-order chi connectivity index (χ0) is 21.8. The van der Waals surface area contributed by atoms with Gasteiger partial charge in [-0.05, 0) is 24.3 Å². The molecule has 2 aromatic rings. The second-order valence-electron chi connectivity index (χ2n) is 7.56. The molecule has 2 fully saturated rings. The Labute approximate surface area is 186 Å². The van der Waals surface area contributed by atoms with Crippen LogP contribution in [0.5, 0.6) is 11.5 Å². The number of anilines is 1. The summed E-state index contributed by atoms with van der Waals surface area (Å²) in [7, 11) is 1.60. The van der Waals surface area contributed by atoms with Crippen LogP contribution in [0.3, 0.4) is 0 Å². The number of methoxy groups -OCH3 is 1. The van der Waals surface area contributed by atoms with Crippen molar-refractivity contribution < 1.29 is 19.1 Å². The highest BCUT2D eigenvalue weighted by atomic mass is 35.5. The van der Waals surface area contributed by atoms with Crippen LogP contribution in [0.1, 0.15) is 12.8 Å². The number of amides is 3. The highest BCUT2D eigenvalue weighted by Gasteiger charge is 2.33. The maximum atomic E-state index is 12.8. The van der Waals surface area contributed by atoms with Gasteiger partial charge in [-0.15, -0.1) is 0 Å². The molecule has 9 heteroatoms. The van der Waals surface area contributed by atoms with Gasteiger partial charge in [0, 0.05) is 63.2 Å². The second-order valence-corrected chi connectivity index (χ2v) is 7.97. The van der Waals surface area contributed by atoms with Gasteiger partial charge in [-0.3, -0.25) is 14.7 Å². The molecule has 0 unspecified atom stereocenters. The Bertz CT molecular complexity index is 931. The number of carbonyl (C=O) groups is 2. The molecule has 1 aromatic heterocycles. The lowest BCUT2D eigenvalue weighted by Gasteiger charge is -2.33. The smallest absolute Gasteiger partial charge is 0.325 e. The van der Waals surface area contributed by atoms with Crippen molar-refractivity contribution in [2.45, 2.75) is 18.9 Å². The molecule has 31 heavy (non-hydrogen) atoms. The number of rotatable bonds is 6. The number of aromatic nitrogens is 1. The summed E-state index contributed by atoms with van der Waals surface area (Å²) < 4.78 is 11.1. The molecule has 2 saturated heterocycles. The van der Waals surface area contributed by atoms with Crippen molar-refractivity contribution in [2.24, 2.45) is 0 Å². The number of ether oxygens (including phenoxy) is 2. The minimum absolute atomic E-state index is 0.00271. The number of halogens is 1. The topological polar surface area (TPSA) is 75.2 Å². The van der Waals surface area contributed by atoms with Crippen LogP contribution in [0.25, 0.3) is 0 Å². The monoisotopic (exact) mass is 444 g/mol. The van der Waals surface area contributed by atoms with Crippen molar-refractivity contribution in [1.82, 2.24) is 14.8 Å². The summed E-state index contributed by atoms with van der Waals surface area (Å²) in [6, 6.07) is 8.94. The number of pyridine rings is 1. The molecule has 0 spiro atoms. The molecular weight excluding hydrogens is 420 g/mol. The van der Waals surface area contributed by atoms with E-state index in [0.717, 1.165) is 24.3 Å². The minimum Gasteiger partial charge on any atom is -0.497 e. The van der Waals surface area contributed by atoms with Crippen LogP contribution in [0, 0.1) is 0 Å². The number of piperidine rings is 1. The van der Waals surface area contributed by atoms with Crippen LogP contribution in [-0.2, 0) is 4.79 Å². The first kappa shape index (κ1) is 21.2. The van der Waals surface area contributed by atoms with Crippen LogP contribution < -0.4 is 14.4 Å². The fourth-order valence-corrected chi connectivity index (χ4v) is 4.02. The van der Waals surface area contributed by atoms with Crippen LogP contribution >= 0.6 is 11.6 Å². The molecule has 0 saturated carbocycles. The van der Waals surface area contributed by atoms with E-state index >= 15 is 0 Å². The predicted octanol–water partition coefficient (Wildman–Crippen LogP) is 3.06. The van der Waals surface area contributed by atoms with Crippen molar-refractivity contribution in [3.05, 3.63) is 47.7 Å². The van der Waals surface area contributed by atoms with Crippen molar-refractivity contribution in [3.8, 4) is 11.5 Å². The largest absolute Gasteiger partial charge is 0.497 e. The third kappa shape index (κ3) is 4.85. The van der Waals surface area contributed by atoms with Crippen LogP contribution in [-0.4, -0.2) is 72.7 Å². The van der Waals surface area contributed by atoms with Gasteiger partial charge in [-0.25, -0.2) is 4.79 Å². The highest BCUT2D eigenvalue weighted by molar-refractivity contribution is 6.31. The number of hydrogen-bond donors (Lipinski definition) is 0. The van der Waals surface area contributed by atoms with Gasteiger partial charge in [-0.2, -0.15) is 0 Å². The molecule has 4 rings (SSSR count). The Kier molecular flexibility index (Phi) is 6.46. The summed E-state index contributed by atoms with van der Waals surface area (Å²) >= 11 is 6.10. The molecule has 8 nitrogen and oxygen atoms in total. The number of benzene rings is 1. The van der Waals surface area contributed by atoms with Crippen molar-refractivity contribution >= 4 is 29.2 Å². The van der Waals surface area contributed by atoms with Gasteiger partial charge in [-0.1, -0.05) is 11.6 Å². The second kappa shape index (κ2) is 9.43. The fraction of sp³-hybridized carbons (Fsp3) is 0.409. The molecule has 2 aliphatic heterocycles. The third-order valence-corrected chi connectivity index (χ3v) is 5.91. The number of urea groups is 1. The molecule has 0 radical (unpaired) electrons. The van der Waals surface area contributed by atoms with Gasteiger partial charge in [0.05, 0.1) is 7.11 Å². The molecule has 2 aliphatic rings. The number of nitrogens with zero attached hydrogens (tertiary/aromatic N) is 4. The van der Waals surface area contributed by atoms with Gasteiger partial charge in [0.2, 0.25) is 5.91 Å². The lowest BCUT2D eigenvalue weighted by molar-refractivity contribution is -0.133. The van der Waals surface area contributed by atoms with Gasteiger partial charge in [0.1, 0.15) is 29.2 Å². The normalized spacial score (nSPS) is 17.2. The Morgan fingerprint density at radius 2 is 1.87 bits per heavy atom. The van der Waals surface area contributed by atoms with Gasteiger partial charge in [0.15, 0.2) is 0 Å². The van der Waals surface area contributed by atoms with E-state index in [1.165, 1.54) is 0 Å². The first-order valence-corrected chi connectivity index (χ1v) is 10.7. The van der Waals surface area contributed by atoms with Crippen molar-refractivity contribution in [2.75, 3.05) is 44.7 Å². The van der Waals surface area contributed by atoms with E-state index in [9.17, 15) is 9.59 Å². The molecule has 3 heterocycles. The molecule has 0 N–H and O–H groups in total. The molecule has 0 bridgehead atoms. The number of hydrogen-bond acceptors (Lipinski definition) is 5.